The zero-order valence-corrected chi connectivity index (χ0v) is 16.4. The summed E-state index contributed by atoms with van der Waals surface area (Å²) in [6, 6.07) is 15.9. The van der Waals surface area contributed by atoms with Crippen LogP contribution in [0.1, 0.15) is 29.5 Å². The van der Waals surface area contributed by atoms with Crippen LogP contribution in [0.3, 0.4) is 0 Å². The Labute approximate surface area is 164 Å². The van der Waals surface area contributed by atoms with Crippen molar-refractivity contribution >= 4 is 29.3 Å². The van der Waals surface area contributed by atoms with Crippen LogP contribution in [0.4, 0.5) is 5.69 Å². The fourth-order valence-corrected chi connectivity index (χ4v) is 4.26. The van der Waals surface area contributed by atoms with Crippen LogP contribution in [0, 0.1) is 13.8 Å². The van der Waals surface area contributed by atoms with Crippen molar-refractivity contribution in [2.75, 3.05) is 5.32 Å². The summed E-state index contributed by atoms with van der Waals surface area (Å²) < 4.78 is 0. The highest BCUT2D eigenvalue weighted by Crippen LogP contribution is 2.19. The first-order valence-electron chi connectivity index (χ1n) is 9.07. The van der Waals surface area contributed by atoms with Gasteiger partial charge in [-0.3, -0.25) is 14.9 Å². The Morgan fingerprint density at radius 2 is 1.85 bits per heavy atom. The third-order valence-corrected chi connectivity index (χ3v) is 5.39. The molecule has 1 heterocycles. The summed E-state index contributed by atoms with van der Waals surface area (Å²) in [4.78, 5) is 24.4. The number of amides is 2. The van der Waals surface area contributed by atoms with Gasteiger partial charge in [0, 0.05) is 30.3 Å². The Morgan fingerprint density at radius 1 is 1.15 bits per heavy atom. The van der Waals surface area contributed by atoms with Gasteiger partial charge in [0.05, 0.1) is 0 Å². The number of nitrogens with one attached hydrogen (secondary N) is 3. The Hall–Kier alpha value is -2.31. The van der Waals surface area contributed by atoms with Crippen LogP contribution in [-0.4, -0.2) is 23.4 Å². The van der Waals surface area contributed by atoms with E-state index in [4.69, 9.17) is 0 Å². The number of benzene rings is 2. The molecule has 2 aromatic rings. The molecule has 27 heavy (non-hydrogen) atoms. The molecule has 3 rings (SSSR count). The minimum atomic E-state index is -0.189. The molecule has 5 nitrogen and oxygen atoms in total. The summed E-state index contributed by atoms with van der Waals surface area (Å²) in [6.45, 7) is 4.01. The molecule has 1 saturated heterocycles. The van der Waals surface area contributed by atoms with E-state index >= 15 is 0 Å². The van der Waals surface area contributed by atoms with Gasteiger partial charge in [0.1, 0.15) is 5.50 Å². The number of anilines is 1. The van der Waals surface area contributed by atoms with E-state index in [0.717, 1.165) is 22.6 Å². The molecular weight excluding hydrogens is 358 g/mol. The molecular formula is C21H25N3O2S. The van der Waals surface area contributed by atoms with Gasteiger partial charge >= 0.3 is 0 Å². The fourth-order valence-electron chi connectivity index (χ4n) is 3.20. The summed E-state index contributed by atoms with van der Waals surface area (Å²) >= 11 is 1.62. The molecule has 2 aromatic carbocycles. The standard InChI is InChI=1S/C21H25N3O2S/c1-14-8-15(2)10-17(9-14)22-19(25)11-18-12-20(26)24-21(23-18)27-13-16-6-4-3-5-7-16/h3-10,18,21,23H,11-13H2,1-2H3,(H,22,25)(H,24,26). The molecule has 1 aliphatic rings. The molecule has 0 spiro atoms. The summed E-state index contributed by atoms with van der Waals surface area (Å²) in [5.41, 5.74) is 4.03. The molecule has 1 aliphatic heterocycles. The monoisotopic (exact) mass is 383 g/mol. The summed E-state index contributed by atoms with van der Waals surface area (Å²) in [6.07, 6.45) is 0.575. The van der Waals surface area contributed by atoms with Crippen molar-refractivity contribution < 1.29 is 9.59 Å². The van der Waals surface area contributed by atoms with Gasteiger partial charge < -0.3 is 10.6 Å². The van der Waals surface area contributed by atoms with Crippen molar-refractivity contribution in [3.8, 4) is 0 Å². The third kappa shape index (κ3) is 6.12. The van der Waals surface area contributed by atoms with Crippen molar-refractivity contribution in [2.24, 2.45) is 0 Å². The molecule has 3 N–H and O–H groups in total. The molecule has 0 radical (unpaired) electrons. The molecule has 2 unspecified atom stereocenters. The largest absolute Gasteiger partial charge is 0.332 e. The molecule has 0 aliphatic carbocycles. The minimum Gasteiger partial charge on any atom is -0.332 e. The predicted octanol–water partition coefficient (Wildman–Crippen LogP) is 3.33. The highest BCUT2D eigenvalue weighted by atomic mass is 32.2. The van der Waals surface area contributed by atoms with Crippen molar-refractivity contribution in [2.45, 2.75) is 44.0 Å². The average molecular weight is 384 g/mol. The van der Waals surface area contributed by atoms with E-state index in [0.29, 0.717) is 6.42 Å². The molecule has 142 valence electrons. The molecule has 2 amide bonds. The summed E-state index contributed by atoms with van der Waals surface area (Å²) in [5, 5.41) is 9.24. The van der Waals surface area contributed by atoms with E-state index in [-0.39, 0.29) is 29.8 Å². The number of thioether (sulfide) groups is 1. The lowest BCUT2D eigenvalue weighted by Crippen LogP contribution is -2.55. The van der Waals surface area contributed by atoms with Crippen molar-refractivity contribution in [3.63, 3.8) is 0 Å². The smallest absolute Gasteiger partial charge is 0.225 e. The number of hydrogen-bond acceptors (Lipinski definition) is 4. The van der Waals surface area contributed by atoms with Gasteiger partial charge in [0.15, 0.2) is 0 Å². The summed E-state index contributed by atoms with van der Waals surface area (Å²) in [5.74, 6) is 0.683. The highest BCUT2D eigenvalue weighted by molar-refractivity contribution is 7.99. The van der Waals surface area contributed by atoms with Gasteiger partial charge in [-0.15, -0.1) is 11.8 Å². The maximum atomic E-state index is 12.4. The van der Waals surface area contributed by atoms with Crippen LogP contribution < -0.4 is 16.0 Å². The van der Waals surface area contributed by atoms with Crippen LogP contribution in [0.5, 0.6) is 0 Å². The quantitative estimate of drug-likeness (QED) is 0.716. The lowest BCUT2D eigenvalue weighted by molar-refractivity contribution is -0.124. The Morgan fingerprint density at radius 3 is 2.56 bits per heavy atom. The van der Waals surface area contributed by atoms with Gasteiger partial charge in [-0.05, 0) is 42.7 Å². The first-order chi connectivity index (χ1) is 13.0. The number of hydrogen-bond donors (Lipinski definition) is 3. The van der Waals surface area contributed by atoms with Crippen molar-refractivity contribution in [1.29, 1.82) is 0 Å². The molecule has 2 atom stereocenters. The third-order valence-electron chi connectivity index (χ3n) is 4.31. The van der Waals surface area contributed by atoms with Gasteiger partial charge in [0.2, 0.25) is 11.8 Å². The molecule has 0 bridgehead atoms. The maximum absolute atomic E-state index is 12.4. The minimum absolute atomic E-state index is 0.0245. The van der Waals surface area contributed by atoms with Crippen LogP contribution in [0.15, 0.2) is 48.5 Å². The zero-order valence-electron chi connectivity index (χ0n) is 15.6. The lowest BCUT2D eigenvalue weighted by Gasteiger charge is -2.31. The first kappa shape index (κ1) is 19.5. The zero-order chi connectivity index (χ0) is 19.2. The van der Waals surface area contributed by atoms with Crippen LogP contribution in [0.2, 0.25) is 0 Å². The normalized spacial score (nSPS) is 19.4. The lowest BCUT2D eigenvalue weighted by atomic mass is 10.1. The van der Waals surface area contributed by atoms with Gasteiger partial charge in [-0.1, -0.05) is 36.4 Å². The SMILES string of the molecule is Cc1cc(C)cc(NC(=O)CC2CC(=O)NC(SCc3ccccc3)N2)c1. The molecule has 6 heteroatoms. The average Bonchev–Trinajstić information content (AvgIpc) is 2.59. The second kappa shape index (κ2) is 9.06. The Kier molecular flexibility index (Phi) is 6.53. The van der Waals surface area contributed by atoms with Crippen molar-refractivity contribution in [1.82, 2.24) is 10.6 Å². The van der Waals surface area contributed by atoms with Crippen molar-refractivity contribution in [3.05, 3.63) is 65.2 Å². The van der Waals surface area contributed by atoms with Gasteiger partial charge in [-0.2, -0.15) is 0 Å². The fraction of sp³-hybridized carbons (Fsp3) is 0.333. The highest BCUT2D eigenvalue weighted by Gasteiger charge is 2.27. The Balaban J connectivity index is 1.52. The van der Waals surface area contributed by atoms with E-state index in [1.165, 1.54) is 5.56 Å². The first-order valence-corrected chi connectivity index (χ1v) is 10.1. The number of carbonyl (C=O) groups is 2. The van der Waals surface area contributed by atoms with Crippen LogP contribution in [-0.2, 0) is 15.3 Å². The molecule has 0 aromatic heterocycles. The Bertz CT molecular complexity index is 790. The van der Waals surface area contributed by atoms with E-state index in [2.05, 4.69) is 34.1 Å². The van der Waals surface area contributed by atoms with E-state index in [9.17, 15) is 9.59 Å². The van der Waals surface area contributed by atoms with Crippen LogP contribution >= 0.6 is 11.8 Å². The van der Waals surface area contributed by atoms with Crippen LogP contribution in [0.25, 0.3) is 0 Å². The number of carbonyl (C=O) groups excluding carboxylic acids is 2. The number of rotatable bonds is 6. The summed E-state index contributed by atoms with van der Waals surface area (Å²) in [7, 11) is 0. The second-order valence-electron chi connectivity index (χ2n) is 6.94. The van der Waals surface area contributed by atoms with E-state index in [1.807, 2.05) is 44.2 Å². The number of aryl methyl sites for hydroxylation is 2. The second-order valence-corrected chi connectivity index (χ2v) is 8.03. The predicted molar refractivity (Wildman–Crippen MR) is 110 cm³/mol. The van der Waals surface area contributed by atoms with Gasteiger partial charge in [-0.25, -0.2) is 0 Å². The molecule has 0 saturated carbocycles. The van der Waals surface area contributed by atoms with Gasteiger partial charge in [0.25, 0.3) is 0 Å². The topological polar surface area (TPSA) is 70.2 Å². The maximum Gasteiger partial charge on any atom is 0.225 e. The molecule has 1 fully saturated rings. The van der Waals surface area contributed by atoms with E-state index < -0.39 is 0 Å². The van der Waals surface area contributed by atoms with E-state index in [1.54, 1.807) is 11.8 Å².